The molecule has 0 saturated carbocycles. The maximum atomic E-state index is 12.6. The molecule has 2 fully saturated rings. The lowest BCUT2D eigenvalue weighted by Crippen LogP contribution is -2.42. The number of aliphatic hydroxyl groups is 1. The molecule has 1 atom stereocenters. The van der Waals surface area contributed by atoms with E-state index in [-0.39, 0.29) is 5.91 Å². The lowest BCUT2D eigenvalue weighted by Gasteiger charge is -2.31. The number of pyridine rings is 1. The number of likely N-dealkylation sites (tertiary alicyclic amines) is 2. The Labute approximate surface area is 159 Å². The molecule has 2 aliphatic rings. The van der Waals surface area contributed by atoms with Crippen LogP contribution in [-0.2, 0) is 6.54 Å². The Balaban J connectivity index is 1.32. The van der Waals surface area contributed by atoms with Crippen molar-refractivity contribution >= 4 is 5.91 Å². The van der Waals surface area contributed by atoms with Crippen molar-refractivity contribution in [3.63, 3.8) is 0 Å². The van der Waals surface area contributed by atoms with Crippen LogP contribution in [0.15, 0.2) is 35.1 Å². The summed E-state index contributed by atoms with van der Waals surface area (Å²) >= 11 is 0. The fourth-order valence-electron chi connectivity index (χ4n) is 4.01. The number of rotatable bonds is 4. The van der Waals surface area contributed by atoms with Gasteiger partial charge in [0.2, 0.25) is 5.76 Å². The second kappa shape index (κ2) is 8.19. The Kier molecular flexibility index (Phi) is 5.50. The fourth-order valence-corrected chi connectivity index (χ4v) is 4.01. The largest absolute Gasteiger partial charge is 0.391 e. The molecule has 27 heavy (non-hydrogen) atoms. The van der Waals surface area contributed by atoms with Crippen molar-refractivity contribution in [2.24, 2.45) is 0 Å². The van der Waals surface area contributed by atoms with Crippen LogP contribution >= 0.6 is 0 Å². The van der Waals surface area contributed by atoms with E-state index < -0.39 is 6.10 Å². The third-order valence-electron chi connectivity index (χ3n) is 5.58. The molecule has 7 nitrogen and oxygen atoms in total. The highest BCUT2D eigenvalue weighted by atomic mass is 16.5. The summed E-state index contributed by atoms with van der Waals surface area (Å²) in [6.07, 6.45) is 6.82. The smallest absolute Gasteiger partial charge is 0.292 e. The summed E-state index contributed by atoms with van der Waals surface area (Å²) in [7, 11) is 0. The van der Waals surface area contributed by atoms with Gasteiger partial charge in [-0.2, -0.15) is 0 Å². The fraction of sp³-hybridized carbons (Fsp3) is 0.550. The Morgan fingerprint density at radius 1 is 1.19 bits per heavy atom. The van der Waals surface area contributed by atoms with Gasteiger partial charge in [-0.1, -0.05) is 5.16 Å². The minimum atomic E-state index is -0.435. The van der Waals surface area contributed by atoms with Gasteiger partial charge in [-0.25, -0.2) is 0 Å². The minimum absolute atomic E-state index is 0.164. The quantitative estimate of drug-likeness (QED) is 0.887. The minimum Gasteiger partial charge on any atom is -0.391 e. The van der Waals surface area contributed by atoms with Crippen molar-refractivity contribution in [1.82, 2.24) is 19.9 Å². The number of carbonyl (C=O) groups is 1. The number of β-amino-alcohol motifs (C(OH)–C–C–N with tert-alkyl or cyclic N) is 1. The van der Waals surface area contributed by atoms with Gasteiger partial charge in [-0.05, 0) is 56.5 Å². The third-order valence-corrected chi connectivity index (χ3v) is 5.58. The van der Waals surface area contributed by atoms with E-state index in [0.717, 1.165) is 51.0 Å². The summed E-state index contributed by atoms with van der Waals surface area (Å²) in [6.45, 7) is 3.99. The van der Waals surface area contributed by atoms with Gasteiger partial charge in [0.1, 0.15) is 0 Å². The molecule has 0 aliphatic carbocycles. The van der Waals surface area contributed by atoms with Gasteiger partial charge in [-0.3, -0.25) is 14.7 Å². The number of aliphatic hydroxyl groups excluding tert-OH is 1. The molecule has 0 radical (unpaired) electrons. The number of hydrogen-bond donors (Lipinski definition) is 1. The molecule has 1 amide bonds. The Morgan fingerprint density at radius 3 is 2.70 bits per heavy atom. The van der Waals surface area contributed by atoms with E-state index in [2.05, 4.69) is 27.2 Å². The molecular weight excluding hydrogens is 344 g/mol. The van der Waals surface area contributed by atoms with Gasteiger partial charge >= 0.3 is 0 Å². The number of aromatic nitrogens is 2. The highest BCUT2D eigenvalue weighted by Crippen LogP contribution is 2.29. The summed E-state index contributed by atoms with van der Waals surface area (Å²) in [5, 5.41) is 13.9. The van der Waals surface area contributed by atoms with E-state index in [1.165, 1.54) is 5.56 Å². The van der Waals surface area contributed by atoms with Gasteiger partial charge in [0, 0.05) is 44.0 Å². The Bertz CT molecular complexity index is 756. The number of amides is 1. The number of nitrogens with zero attached hydrogens (tertiary/aromatic N) is 4. The van der Waals surface area contributed by atoms with Crippen molar-refractivity contribution in [1.29, 1.82) is 0 Å². The van der Waals surface area contributed by atoms with Crippen LogP contribution in [0.3, 0.4) is 0 Å². The predicted octanol–water partition coefficient (Wildman–Crippen LogP) is 2.05. The van der Waals surface area contributed by atoms with Gasteiger partial charge in [-0.15, -0.1) is 0 Å². The maximum absolute atomic E-state index is 12.6. The number of hydrogen-bond acceptors (Lipinski definition) is 6. The van der Waals surface area contributed by atoms with Crippen molar-refractivity contribution in [3.05, 3.63) is 47.6 Å². The average molecular weight is 370 g/mol. The molecule has 2 aromatic heterocycles. The summed E-state index contributed by atoms with van der Waals surface area (Å²) in [5.74, 6) is 0.455. The van der Waals surface area contributed by atoms with Crippen LogP contribution in [0, 0.1) is 0 Å². The molecule has 144 valence electrons. The summed E-state index contributed by atoms with van der Waals surface area (Å²) in [6, 6.07) is 5.91. The van der Waals surface area contributed by atoms with E-state index in [4.69, 9.17) is 4.52 Å². The molecule has 1 unspecified atom stereocenters. The molecule has 1 N–H and O–H groups in total. The average Bonchev–Trinajstić information content (AvgIpc) is 3.19. The van der Waals surface area contributed by atoms with Gasteiger partial charge in [0.05, 0.1) is 11.8 Å². The third kappa shape index (κ3) is 4.36. The molecule has 0 bridgehead atoms. The first kappa shape index (κ1) is 18.1. The van der Waals surface area contributed by atoms with Crippen LogP contribution in [0.1, 0.15) is 53.4 Å². The molecule has 0 spiro atoms. The van der Waals surface area contributed by atoms with Gasteiger partial charge in [0.25, 0.3) is 5.91 Å². The van der Waals surface area contributed by atoms with Crippen LogP contribution in [0.5, 0.6) is 0 Å². The van der Waals surface area contributed by atoms with Crippen LogP contribution in [0.4, 0.5) is 0 Å². The van der Waals surface area contributed by atoms with Crippen LogP contribution in [0.2, 0.25) is 0 Å². The lowest BCUT2D eigenvalue weighted by molar-refractivity contribution is 0.0441. The van der Waals surface area contributed by atoms with Crippen molar-refractivity contribution < 1.29 is 14.4 Å². The predicted molar refractivity (Wildman–Crippen MR) is 99.1 cm³/mol. The van der Waals surface area contributed by atoms with Crippen molar-refractivity contribution in [2.45, 2.75) is 44.2 Å². The standard InChI is InChI=1S/C20H26N4O3/c25-17-2-1-9-24(14-17)20(26)19-12-18(22-27-19)16-5-10-23(11-6-16)13-15-3-7-21-8-4-15/h3-4,7-8,12,16-17,25H,1-2,5-6,9-11,13-14H2. The summed E-state index contributed by atoms with van der Waals surface area (Å²) in [4.78, 5) is 20.7. The first-order valence-electron chi connectivity index (χ1n) is 9.74. The zero-order valence-corrected chi connectivity index (χ0v) is 15.5. The molecule has 4 rings (SSSR count). The molecular formula is C20H26N4O3. The molecule has 4 heterocycles. The lowest BCUT2D eigenvalue weighted by atomic mass is 9.93. The summed E-state index contributed by atoms with van der Waals surface area (Å²) in [5.41, 5.74) is 2.15. The van der Waals surface area contributed by atoms with Gasteiger partial charge < -0.3 is 14.5 Å². The van der Waals surface area contributed by atoms with Crippen molar-refractivity contribution in [3.8, 4) is 0 Å². The molecule has 7 heteroatoms. The van der Waals surface area contributed by atoms with Crippen molar-refractivity contribution in [2.75, 3.05) is 26.2 Å². The Hall–Kier alpha value is -2.25. The second-order valence-corrected chi connectivity index (χ2v) is 7.57. The highest BCUT2D eigenvalue weighted by Gasteiger charge is 2.28. The van der Waals surface area contributed by atoms with E-state index in [1.807, 2.05) is 12.4 Å². The Morgan fingerprint density at radius 2 is 1.96 bits per heavy atom. The normalized spacial score (nSPS) is 22.1. The first-order chi connectivity index (χ1) is 13.2. The van der Waals surface area contributed by atoms with E-state index in [0.29, 0.717) is 24.8 Å². The number of piperidine rings is 2. The van der Waals surface area contributed by atoms with E-state index >= 15 is 0 Å². The van der Waals surface area contributed by atoms with E-state index in [1.54, 1.807) is 11.0 Å². The first-order valence-corrected chi connectivity index (χ1v) is 9.74. The maximum Gasteiger partial charge on any atom is 0.292 e. The zero-order chi connectivity index (χ0) is 18.6. The molecule has 2 aromatic rings. The zero-order valence-electron chi connectivity index (χ0n) is 15.5. The van der Waals surface area contributed by atoms with Crippen LogP contribution in [-0.4, -0.2) is 63.2 Å². The highest BCUT2D eigenvalue weighted by molar-refractivity contribution is 5.91. The number of carbonyl (C=O) groups excluding carboxylic acids is 1. The van der Waals surface area contributed by atoms with Crippen LogP contribution < -0.4 is 0 Å². The monoisotopic (exact) mass is 370 g/mol. The van der Waals surface area contributed by atoms with Gasteiger partial charge in [0.15, 0.2) is 0 Å². The topological polar surface area (TPSA) is 82.7 Å². The van der Waals surface area contributed by atoms with E-state index in [9.17, 15) is 9.90 Å². The SMILES string of the molecule is O=C(c1cc(C2CCN(Cc3ccncc3)CC2)no1)N1CCCC(O)C1. The summed E-state index contributed by atoms with van der Waals surface area (Å²) < 4.78 is 5.35. The molecule has 2 aliphatic heterocycles. The second-order valence-electron chi connectivity index (χ2n) is 7.57. The molecule has 2 saturated heterocycles. The molecule has 0 aromatic carbocycles. The van der Waals surface area contributed by atoms with Crippen LogP contribution in [0.25, 0.3) is 0 Å².